The molecule has 124 valence electrons. The third-order valence-electron chi connectivity index (χ3n) is 3.39. The van der Waals surface area contributed by atoms with Crippen molar-refractivity contribution in [1.29, 1.82) is 0 Å². The van der Waals surface area contributed by atoms with Gasteiger partial charge in [0.15, 0.2) is 0 Å². The van der Waals surface area contributed by atoms with Crippen LogP contribution in [0, 0.1) is 13.8 Å². The Morgan fingerprint density at radius 1 is 1.17 bits per heavy atom. The topological polar surface area (TPSA) is 42.0 Å². The molecule has 0 bridgehead atoms. The summed E-state index contributed by atoms with van der Waals surface area (Å²) >= 11 is 5.12. The van der Waals surface area contributed by atoms with E-state index in [9.17, 15) is 4.79 Å². The zero-order chi connectivity index (χ0) is 16.9. The summed E-state index contributed by atoms with van der Waals surface area (Å²) in [5, 5.41) is 6.15. The second-order valence-corrected chi connectivity index (χ2v) is 8.85. The third kappa shape index (κ3) is 4.69. The maximum absolute atomic E-state index is 12.2. The number of rotatable bonds is 6. The molecule has 0 saturated heterocycles. The summed E-state index contributed by atoms with van der Waals surface area (Å²) < 4.78 is 0. The highest BCUT2D eigenvalue weighted by atomic mass is 32.2. The molecule has 0 aliphatic carbocycles. The molecule has 0 aliphatic rings. The molecule has 0 radical (unpaired) electrons. The van der Waals surface area contributed by atoms with Crippen LogP contribution in [0.25, 0.3) is 0 Å². The number of carbonyl (C=O) groups is 1. The van der Waals surface area contributed by atoms with Crippen LogP contribution in [0.5, 0.6) is 0 Å². The van der Waals surface area contributed by atoms with Gasteiger partial charge in [-0.2, -0.15) is 0 Å². The number of hydrogen-bond acceptors (Lipinski definition) is 5. The zero-order valence-electron chi connectivity index (χ0n) is 13.5. The first-order valence-corrected chi connectivity index (χ1v) is 10.3. The van der Waals surface area contributed by atoms with E-state index < -0.39 is 0 Å². The lowest BCUT2D eigenvalue weighted by Crippen LogP contribution is -2.22. The lowest BCUT2D eigenvalue weighted by atomic mass is 10.2. The predicted octanol–water partition coefficient (Wildman–Crippen LogP) is 5.04. The molecule has 3 nitrogen and oxygen atoms in total. The van der Waals surface area contributed by atoms with Crippen LogP contribution < -0.4 is 5.32 Å². The minimum absolute atomic E-state index is 0.0345. The van der Waals surface area contributed by atoms with Gasteiger partial charge in [-0.1, -0.05) is 0 Å². The number of hydrogen-bond donors (Lipinski definition) is 1. The normalized spacial score (nSPS) is 10.8. The maximum atomic E-state index is 12.2. The first-order valence-electron chi connectivity index (χ1n) is 7.57. The van der Waals surface area contributed by atoms with Gasteiger partial charge in [-0.05, 0) is 50.2 Å². The van der Waals surface area contributed by atoms with Gasteiger partial charge >= 0.3 is 0 Å². The number of nitrogens with zero attached hydrogens (tertiary/aromatic N) is 1. The minimum atomic E-state index is -0.0345. The Morgan fingerprint density at radius 3 is 2.58 bits per heavy atom. The molecule has 0 atom stereocenters. The van der Waals surface area contributed by atoms with Crippen molar-refractivity contribution in [2.45, 2.75) is 31.0 Å². The summed E-state index contributed by atoms with van der Waals surface area (Å²) in [4.78, 5) is 20.2. The Balaban J connectivity index is 1.52. The van der Waals surface area contributed by atoms with Crippen LogP contribution >= 0.6 is 34.4 Å². The molecule has 0 saturated carbocycles. The van der Waals surface area contributed by atoms with Crippen molar-refractivity contribution in [3.05, 3.63) is 67.8 Å². The van der Waals surface area contributed by atoms with Gasteiger partial charge < -0.3 is 5.32 Å². The molecule has 6 heteroatoms. The van der Waals surface area contributed by atoms with Crippen LogP contribution in [0.15, 0.2) is 46.7 Å². The van der Waals surface area contributed by atoms with E-state index in [1.54, 1.807) is 34.4 Å². The minimum Gasteiger partial charge on any atom is -0.347 e. The molecule has 24 heavy (non-hydrogen) atoms. The van der Waals surface area contributed by atoms with Crippen molar-refractivity contribution in [1.82, 2.24) is 10.3 Å². The summed E-state index contributed by atoms with van der Waals surface area (Å²) in [5.41, 5.74) is 1.80. The number of aromatic nitrogens is 1. The number of aryl methyl sites for hydroxylation is 2. The average molecular weight is 375 g/mol. The summed E-state index contributed by atoms with van der Waals surface area (Å²) in [7, 11) is 0. The number of amides is 1. The second kappa shape index (κ2) is 7.96. The lowest BCUT2D eigenvalue weighted by molar-refractivity contribution is 0.0951. The van der Waals surface area contributed by atoms with E-state index in [-0.39, 0.29) is 5.91 Å². The van der Waals surface area contributed by atoms with E-state index in [0.29, 0.717) is 12.1 Å². The van der Waals surface area contributed by atoms with Crippen LogP contribution in [0.2, 0.25) is 0 Å². The van der Waals surface area contributed by atoms with E-state index in [2.05, 4.69) is 34.7 Å². The van der Waals surface area contributed by atoms with Crippen molar-refractivity contribution in [2.75, 3.05) is 0 Å². The van der Waals surface area contributed by atoms with E-state index >= 15 is 0 Å². The van der Waals surface area contributed by atoms with Crippen LogP contribution in [0.1, 0.15) is 30.8 Å². The fourth-order valence-electron chi connectivity index (χ4n) is 2.18. The van der Waals surface area contributed by atoms with Gasteiger partial charge in [0, 0.05) is 31.3 Å². The Kier molecular flexibility index (Phi) is 5.71. The zero-order valence-corrected chi connectivity index (χ0v) is 16.0. The largest absolute Gasteiger partial charge is 0.347 e. The van der Waals surface area contributed by atoms with Crippen molar-refractivity contribution in [3.63, 3.8) is 0 Å². The number of carbonyl (C=O) groups excluding carboxylic acids is 1. The predicted molar refractivity (Wildman–Crippen MR) is 103 cm³/mol. The Labute approximate surface area is 154 Å². The maximum Gasteiger partial charge on any atom is 0.251 e. The smallest absolute Gasteiger partial charge is 0.251 e. The van der Waals surface area contributed by atoms with Crippen molar-refractivity contribution < 1.29 is 4.79 Å². The highest BCUT2D eigenvalue weighted by molar-refractivity contribution is 7.98. The number of thioether (sulfide) groups is 1. The van der Waals surface area contributed by atoms with Crippen LogP contribution in [-0.4, -0.2) is 10.9 Å². The van der Waals surface area contributed by atoms with Crippen LogP contribution in [0.3, 0.4) is 0 Å². The number of thiazole rings is 1. The van der Waals surface area contributed by atoms with Gasteiger partial charge in [-0.15, -0.1) is 34.4 Å². The molecule has 3 aromatic rings. The summed E-state index contributed by atoms with van der Waals surface area (Å²) in [6, 6.07) is 11.9. The monoisotopic (exact) mass is 374 g/mol. The highest BCUT2D eigenvalue weighted by Gasteiger charge is 2.07. The summed E-state index contributed by atoms with van der Waals surface area (Å²) in [5.74, 6) is 0.820. The molecule has 2 heterocycles. The first-order chi connectivity index (χ1) is 11.6. The summed E-state index contributed by atoms with van der Waals surface area (Å²) in [6.07, 6.45) is 0. The fraction of sp³-hybridized carbons (Fsp3) is 0.222. The molecule has 1 aromatic carbocycles. The lowest BCUT2D eigenvalue weighted by Gasteiger charge is -2.05. The van der Waals surface area contributed by atoms with Crippen molar-refractivity contribution >= 4 is 40.3 Å². The Hall–Kier alpha value is -1.63. The average Bonchev–Trinajstić information content (AvgIpc) is 3.19. The van der Waals surface area contributed by atoms with Gasteiger partial charge in [0.05, 0.1) is 17.2 Å². The molecular formula is C18H18N2OS3. The molecule has 0 aliphatic heterocycles. The molecule has 0 unspecified atom stereocenters. The number of nitrogens with one attached hydrogen (secondary N) is 1. The van der Waals surface area contributed by atoms with E-state index in [4.69, 9.17) is 0 Å². The third-order valence-corrected chi connectivity index (χ3v) is 6.26. The van der Waals surface area contributed by atoms with Crippen molar-refractivity contribution in [3.8, 4) is 0 Å². The number of thiophene rings is 1. The van der Waals surface area contributed by atoms with Crippen molar-refractivity contribution in [2.24, 2.45) is 0 Å². The van der Waals surface area contributed by atoms with E-state index in [1.807, 2.05) is 31.2 Å². The standard InChI is InChI=1S/C18H18N2OS3/c1-12-3-6-17(24-12)9-19-18(21)14-4-7-16(8-5-14)23-11-15-10-22-13(2)20-15/h3-8,10H,9,11H2,1-2H3,(H,19,21). The van der Waals surface area contributed by atoms with E-state index in [1.165, 1.54) is 9.75 Å². The molecule has 3 rings (SSSR count). The highest BCUT2D eigenvalue weighted by Crippen LogP contribution is 2.24. The Bertz CT molecular complexity index is 821. The quantitative estimate of drug-likeness (QED) is 0.614. The molecule has 0 fully saturated rings. The molecule has 0 spiro atoms. The van der Waals surface area contributed by atoms with Crippen LogP contribution in [-0.2, 0) is 12.3 Å². The molecule has 2 aromatic heterocycles. The van der Waals surface area contributed by atoms with Gasteiger partial charge in [0.25, 0.3) is 5.91 Å². The SMILES string of the molecule is Cc1ccc(CNC(=O)c2ccc(SCc3csc(C)n3)cc2)s1. The Morgan fingerprint density at radius 2 is 1.96 bits per heavy atom. The van der Waals surface area contributed by atoms with Crippen LogP contribution in [0.4, 0.5) is 0 Å². The molecule has 1 N–H and O–H groups in total. The van der Waals surface area contributed by atoms with Gasteiger partial charge in [-0.3, -0.25) is 4.79 Å². The van der Waals surface area contributed by atoms with Gasteiger partial charge in [-0.25, -0.2) is 4.98 Å². The van der Waals surface area contributed by atoms with E-state index in [0.717, 1.165) is 21.3 Å². The first kappa shape index (κ1) is 17.2. The second-order valence-electron chi connectivity index (χ2n) is 5.37. The van der Waals surface area contributed by atoms with Gasteiger partial charge in [0.2, 0.25) is 0 Å². The molecular weight excluding hydrogens is 356 g/mol. The van der Waals surface area contributed by atoms with Gasteiger partial charge in [0.1, 0.15) is 0 Å². The number of benzene rings is 1. The summed E-state index contributed by atoms with van der Waals surface area (Å²) in [6.45, 7) is 4.67. The molecule has 1 amide bonds. The fourth-order valence-corrected chi connectivity index (χ4v) is 4.52.